The molecular formula is C23H27NO3. The minimum atomic E-state index is -0.441. The highest BCUT2D eigenvalue weighted by Gasteiger charge is 2.36. The summed E-state index contributed by atoms with van der Waals surface area (Å²) in [6.07, 6.45) is 1.22. The van der Waals surface area contributed by atoms with Gasteiger partial charge in [0.1, 0.15) is 5.75 Å². The van der Waals surface area contributed by atoms with Gasteiger partial charge in [0.05, 0.1) is 5.92 Å². The second-order valence-corrected chi connectivity index (χ2v) is 7.87. The average Bonchev–Trinajstić information content (AvgIpc) is 3.04. The van der Waals surface area contributed by atoms with Crippen LogP contribution >= 0.6 is 0 Å². The molecule has 1 aliphatic rings. The molecule has 1 atom stereocenters. The fourth-order valence-electron chi connectivity index (χ4n) is 3.34. The normalized spacial score (nSPS) is 17.3. The molecule has 27 heavy (non-hydrogen) atoms. The fraction of sp³-hybridized carbons (Fsp3) is 0.391. The highest BCUT2D eigenvalue weighted by Crippen LogP contribution is 2.30. The smallest absolute Gasteiger partial charge is 0.316 e. The summed E-state index contributed by atoms with van der Waals surface area (Å²) >= 11 is 0. The predicted octanol–water partition coefficient (Wildman–Crippen LogP) is 4.64. The molecule has 4 heteroatoms. The van der Waals surface area contributed by atoms with Crippen LogP contribution in [0.4, 0.5) is 5.69 Å². The molecular weight excluding hydrogens is 338 g/mol. The van der Waals surface area contributed by atoms with Crippen molar-refractivity contribution in [1.82, 2.24) is 0 Å². The van der Waals surface area contributed by atoms with Crippen LogP contribution in [0.3, 0.4) is 0 Å². The maximum absolute atomic E-state index is 12.6. The first-order valence-electron chi connectivity index (χ1n) is 9.50. The Bertz CT molecular complexity index is 839. The second-order valence-electron chi connectivity index (χ2n) is 7.87. The highest BCUT2D eigenvalue weighted by atomic mass is 16.5. The van der Waals surface area contributed by atoms with Gasteiger partial charge in [0.2, 0.25) is 5.91 Å². The Morgan fingerprint density at radius 3 is 2.44 bits per heavy atom. The van der Waals surface area contributed by atoms with Gasteiger partial charge in [0.15, 0.2) is 0 Å². The molecule has 2 aromatic carbocycles. The van der Waals surface area contributed by atoms with E-state index in [1.54, 1.807) is 4.90 Å². The number of rotatable bonds is 5. The zero-order valence-electron chi connectivity index (χ0n) is 16.5. The topological polar surface area (TPSA) is 46.6 Å². The minimum absolute atomic E-state index is 0.0358. The van der Waals surface area contributed by atoms with Crippen molar-refractivity contribution in [2.45, 2.75) is 46.0 Å². The van der Waals surface area contributed by atoms with Gasteiger partial charge < -0.3 is 9.64 Å². The highest BCUT2D eigenvalue weighted by molar-refractivity contribution is 6.00. The van der Waals surface area contributed by atoms with E-state index in [0.29, 0.717) is 12.3 Å². The van der Waals surface area contributed by atoms with E-state index in [1.165, 1.54) is 5.56 Å². The molecule has 1 amide bonds. The molecule has 0 spiro atoms. The Morgan fingerprint density at radius 2 is 1.81 bits per heavy atom. The third-order valence-corrected chi connectivity index (χ3v) is 5.60. The van der Waals surface area contributed by atoms with Crippen molar-refractivity contribution in [2.24, 2.45) is 5.92 Å². The Balaban J connectivity index is 1.67. The molecule has 0 bridgehead atoms. The lowest BCUT2D eigenvalue weighted by atomic mass is 9.82. The Kier molecular flexibility index (Phi) is 5.36. The van der Waals surface area contributed by atoms with Crippen LogP contribution < -0.4 is 9.64 Å². The first-order chi connectivity index (χ1) is 12.8. The molecule has 1 aliphatic heterocycles. The molecule has 0 saturated carbocycles. The molecule has 0 unspecified atom stereocenters. The fourth-order valence-corrected chi connectivity index (χ4v) is 3.34. The van der Waals surface area contributed by atoms with E-state index in [2.05, 4.69) is 20.8 Å². The first-order valence-corrected chi connectivity index (χ1v) is 9.50. The molecule has 1 heterocycles. The van der Waals surface area contributed by atoms with Gasteiger partial charge in [0, 0.05) is 18.7 Å². The second kappa shape index (κ2) is 7.55. The number of hydrogen-bond acceptors (Lipinski definition) is 3. The number of nitrogens with zero attached hydrogens (tertiary/aromatic N) is 1. The lowest BCUT2D eigenvalue weighted by Gasteiger charge is -2.23. The van der Waals surface area contributed by atoms with Crippen LogP contribution in [-0.4, -0.2) is 18.4 Å². The lowest BCUT2D eigenvalue weighted by Crippen LogP contribution is -2.27. The zero-order valence-corrected chi connectivity index (χ0v) is 16.5. The van der Waals surface area contributed by atoms with E-state index in [9.17, 15) is 9.59 Å². The van der Waals surface area contributed by atoms with Gasteiger partial charge in [-0.3, -0.25) is 9.59 Å². The third kappa shape index (κ3) is 4.05. The van der Waals surface area contributed by atoms with Crippen LogP contribution in [0, 0.1) is 12.8 Å². The summed E-state index contributed by atoms with van der Waals surface area (Å²) in [6.45, 7) is 8.87. The van der Waals surface area contributed by atoms with Gasteiger partial charge in [0.25, 0.3) is 0 Å². The van der Waals surface area contributed by atoms with E-state index in [-0.39, 0.29) is 23.7 Å². The van der Waals surface area contributed by atoms with Crippen molar-refractivity contribution >= 4 is 17.6 Å². The Labute approximate surface area is 161 Å². The van der Waals surface area contributed by atoms with Crippen LogP contribution in [-0.2, 0) is 15.0 Å². The molecule has 1 fully saturated rings. The van der Waals surface area contributed by atoms with E-state index >= 15 is 0 Å². The molecule has 0 N–H and O–H groups in total. The molecule has 142 valence electrons. The van der Waals surface area contributed by atoms with E-state index in [4.69, 9.17) is 4.74 Å². The minimum Gasteiger partial charge on any atom is -0.426 e. The van der Waals surface area contributed by atoms with E-state index in [1.807, 2.05) is 55.5 Å². The number of para-hydroxylation sites is 1. The number of anilines is 1. The van der Waals surface area contributed by atoms with Crippen molar-refractivity contribution in [3.8, 4) is 5.75 Å². The predicted molar refractivity (Wildman–Crippen MR) is 107 cm³/mol. The molecule has 0 aliphatic carbocycles. The largest absolute Gasteiger partial charge is 0.426 e. The summed E-state index contributed by atoms with van der Waals surface area (Å²) < 4.78 is 5.54. The number of hydrogen-bond donors (Lipinski definition) is 0. The molecule has 3 rings (SSSR count). The quantitative estimate of drug-likeness (QED) is 0.573. The number of aryl methyl sites for hydroxylation is 1. The first kappa shape index (κ1) is 19.2. The Morgan fingerprint density at radius 1 is 1.15 bits per heavy atom. The molecule has 0 radical (unpaired) electrons. The number of carbonyl (C=O) groups excluding carboxylic acids is 2. The van der Waals surface area contributed by atoms with E-state index < -0.39 is 5.92 Å². The number of carbonyl (C=O) groups is 2. The number of esters is 1. The summed E-state index contributed by atoms with van der Waals surface area (Å²) in [5.74, 6) is -0.297. The molecule has 1 saturated heterocycles. The van der Waals surface area contributed by atoms with Gasteiger partial charge in [-0.2, -0.15) is 0 Å². The van der Waals surface area contributed by atoms with Gasteiger partial charge >= 0.3 is 5.97 Å². The van der Waals surface area contributed by atoms with Gasteiger partial charge in [-0.25, -0.2) is 0 Å². The molecule has 2 aromatic rings. The maximum atomic E-state index is 12.6. The maximum Gasteiger partial charge on any atom is 0.316 e. The van der Waals surface area contributed by atoms with Gasteiger partial charge in [-0.1, -0.05) is 51.1 Å². The van der Waals surface area contributed by atoms with Crippen LogP contribution in [0.1, 0.15) is 44.7 Å². The van der Waals surface area contributed by atoms with Crippen LogP contribution in [0.25, 0.3) is 0 Å². The van der Waals surface area contributed by atoms with Crippen LogP contribution in [0.2, 0.25) is 0 Å². The van der Waals surface area contributed by atoms with Crippen molar-refractivity contribution in [3.63, 3.8) is 0 Å². The van der Waals surface area contributed by atoms with Crippen molar-refractivity contribution in [2.75, 3.05) is 11.4 Å². The third-order valence-electron chi connectivity index (χ3n) is 5.60. The lowest BCUT2D eigenvalue weighted by molar-refractivity contribution is -0.139. The van der Waals surface area contributed by atoms with Crippen molar-refractivity contribution < 1.29 is 14.3 Å². The summed E-state index contributed by atoms with van der Waals surface area (Å²) in [7, 11) is 0. The zero-order chi connectivity index (χ0) is 19.6. The van der Waals surface area contributed by atoms with E-state index in [0.717, 1.165) is 17.7 Å². The average molecular weight is 365 g/mol. The number of ether oxygens (including phenoxy) is 1. The van der Waals surface area contributed by atoms with Crippen molar-refractivity contribution in [3.05, 3.63) is 59.7 Å². The SMILES string of the molecule is CCC(C)(C)c1ccc(OC(=O)[C@H]2CC(=O)N(c3ccccc3C)C2)cc1. The van der Waals surface area contributed by atoms with Crippen molar-refractivity contribution in [1.29, 1.82) is 0 Å². The molecule has 0 aromatic heterocycles. The summed E-state index contributed by atoms with van der Waals surface area (Å²) in [6, 6.07) is 15.4. The Hall–Kier alpha value is -2.62. The van der Waals surface area contributed by atoms with Crippen LogP contribution in [0.5, 0.6) is 5.75 Å². The van der Waals surface area contributed by atoms with Crippen LogP contribution in [0.15, 0.2) is 48.5 Å². The van der Waals surface area contributed by atoms with Gasteiger partial charge in [-0.05, 0) is 48.1 Å². The number of amides is 1. The number of benzene rings is 2. The summed E-state index contributed by atoms with van der Waals surface area (Å²) in [5, 5.41) is 0. The summed E-state index contributed by atoms with van der Waals surface area (Å²) in [4.78, 5) is 26.6. The molecule has 4 nitrogen and oxygen atoms in total. The monoisotopic (exact) mass is 365 g/mol. The summed E-state index contributed by atoms with van der Waals surface area (Å²) in [5.41, 5.74) is 3.19. The van der Waals surface area contributed by atoms with Gasteiger partial charge in [-0.15, -0.1) is 0 Å². The standard InChI is InChI=1S/C23H27NO3/c1-5-23(3,4)18-10-12-19(13-11-18)27-22(26)17-14-21(25)24(15-17)20-9-7-6-8-16(20)2/h6-13,17H,5,14-15H2,1-4H3/t17-/m0/s1.